The van der Waals surface area contributed by atoms with Crippen molar-refractivity contribution in [3.05, 3.63) is 67.5 Å². The molecule has 1 aromatic heterocycles. The summed E-state index contributed by atoms with van der Waals surface area (Å²) in [6.07, 6.45) is 1.69. The standard InChI is InChI=1S/C19H14ClN3O4S/c1-27-12-4-5-13-10(8-12)2-7-16-17(13)21-19(28-16)22-18(24)14-9-11(23(25)26)3-6-15(14)20/h3-6,8-9H,2,7H2,1H3,(H,21,22,24). The summed E-state index contributed by atoms with van der Waals surface area (Å²) in [7, 11) is 1.63. The van der Waals surface area contributed by atoms with E-state index in [2.05, 4.69) is 10.3 Å². The number of methoxy groups -OCH3 is 1. The number of non-ortho nitro benzene ring substituents is 1. The minimum atomic E-state index is -0.569. The maximum absolute atomic E-state index is 12.6. The highest BCUT2D eigenvalue weighted by atomic mass is 35.5. The second-order valence-corrected chi connectivity index (χ2v) is 7.68. The molecule has 0 fully saturated rings. The summed E-state index contributed by atoms with van der Waals surface area (Å²) in [5.41, 5.74) is 2.85. The van der Waals surface area contributed by atoms with Gasteiger partial charge in [-0.1, -0.05) is 11.6 Å². The molecule has 142 valence electrons. The van der Waals surface area contributed by atoms with Crippen LogP contribution in [0.25, 0.3) is 11.3 Å². The highest BCUT2D eigenvalue weighted by Crippen LogP contribution is 2.39. The number of aryl methyl sites for hydroxylation is 2. The zero-order valence-corrected chi connectivity index (χ0v) is 16.3. The number of benzene rings is 2. The van der Waals surface area contributed by atoms with Gasteiger partial charge in [-0.3, -0.25) is 20.2 Å². The molecule has 0 saturated carbocycles. The van der Waals surface area contributed by atoms with Crippen LogP contribution in [0.1, 0.15) is 20.8 Å². The van der Waals surface area contributed by atoms with E-state index in [0.29, 0.717) is 5.13 Å². The molecule has 1 amide bonds. The van der Waals surface area contributed by atoms with Gasteiger partial charge < -0.3 is 4.74 Å². The zero-order valence-electron chi connectivity index (χ0n) is 14.7. The van der Waals surface area contributed by atoms with E-state index in [-0.39, 0.29) is 16.3 Å². The van der Waals surface area contributed by atoms with Crippen LogP contribution in [0.3, 0.4) is 0 Å². The second-order valence-electron chi connectivity index (χ2n) is 6.19. The number of amides is 1. The Morgan fingerprint density at radius 1 is 1.29 bits per heavy atom. The van der Waals surface area contributed by atoms with Crippen molar-refractivity contribution in [2.24, 2.45) is 0 Å². The van der Waals surface area contributed by atoms with Crippen molar-refractivity contribution in [2.75, 3.05) is 12.4 Å². The molecule has 0 bridgehead atoms. The first kappa shape index (κ1) is 18.4. The quantitative estimate of drug-likeness (QED) is 0.491. The van der Waals surface area contributed by atoms with Gasteiger partial charge in [0.2, 0.25) is 0 Å². The van der Waals surface area contributed by atoms with Gasteiger partial charge in [-0.15, -0.1) is 11.3 Å². The number of anilines is 1. The Labute approximate surface area is 169 Å². The van der Waals surface area contributed by atoms with E-state index >= 15 is 0 Å². The fourth-order valence-electron chi connectivity index (χ4n) is 3.13. The van der Waals surface area contributed by atoms with Gasteiger partial charge >= 0.3 is 0 Å². The molecular formula is C19H14ClN3O4S. The molecule has 0 atom stereocenters. The number of carbonyl (C=O) groups is 1. The molecule has 0 unspecified atom stereocenters. The number of nitro groups is 1. The maximum Gasteiger partial charge on any atom is 0.270 e. The van der Waals surface area contributed by atoms with Gasteiger partial charge in [0, 0.05) is 22.6 Å². The summed E-state index contributed by atoms with van der Waals surface area (Å²) in [6, 6.07) is 9.60. The van der Waals surface area contributed by atoms with E-state index in [1.165, 1.54) is 23.5 Å². The average Bonchev–Trinajstić information content (AvgIpc) is 3.10. The molecule has 3 aromatic rings. The Morgan fingerprint density at radius 3 is 2.86 bits per heavy atom. The van der Waals surface area contributed by atoms with Crippen LogP contribution in [0.5, 0.6) is 5.75 Å². The number of fused-ring (bicyclic) bond motifs is 3. The zero-order chi connectivity index (χ0) is 19.8. The lowest BCUT2D eigenvalue weighted by atomic mass is 9.93. The van der Waals surface area contributed by atoms with Crippen LogP contribution in [0.4, 0.5) is 10.8 Å². The summed E-state index contributed by atoms with van der Waals surface area (Å²) in [5.74, 6) is 0.265. The fourth-order valence-corrected chi connectivity index (χ4v) is 4.31. The summed E-state index contributed by atoms with van der Waals surface area (Å²) in [5, 5.41) is 14.2. The van der Waals surface area contributed by atoms with Crippen LogP contribution in [0.2, 0.25) is 5.02 Å². The molecule has 1 heterocycles. The third-order valence-electron chi connectivity index (χ3n) is 4.51. The molecular weight excluding hydrogens is 402 g/mol. The van der Waals surface area contributed by atoms with Gasteiger partial charge in [-0.05, 0) is 42.7 Å². The van der Waals surface area contributed by atoms with Crippen molar-refractivity contribution in [1.29, 1.82) is 0 Å². The van der Waals surface area contributed by atoms with Crippen molar-refractivity contribution in [3.63, 3.8) is 0 Å². The normalized spacial score (nSPS) is 12.1. The topological polar surface area (TPSA) is 94.4 Å². The molecule has 9 heteroatoms. The van der Waals surface area contributed by atoms with E-state index < -0.39 is 10.8 Å². The van der Waals surface area contributed by atoms with Crippen LogP contribution in [-0.4, -0.2) is 22.9 Å². The van der Waals surface area contributed by atoms with E-state index in [4.69, 9.17) is 16.3 Å². The minimum Gasteiger partial charge on any atom is -0.497 e. The van der Waals surface area contributed by atoms with E-state index in [9.17, 15) is 14.9 Å². The van der Waals surface area contributed by atoms with Gasteiger partial charge in [0.15, 0.2) is 5.13 Å². The lowest BCUT2D eigenvalue weighted by Gasteiger charge is -2.15. The van der Waals surface area contributed by atoms with Crippen LogP contribution >= 0.6 is 22.9 Å². The lowest BCUT2D eigenvalue weighted by molar-refractivity contribution is -0.384. The largest absolute Gasteiger partial charge is 0.497 e. The van der Waals surface area contributed by atoms with E-state index in [1.807, 2.05) is 18.2 Å². The Hall–Kier alpha value is -2.97. The number of nitro benzene ring substituents is 1. The molecule has 2 aromatic carbocycles. The Kier molecular flexibility index (Phi) is 4.74. The number of carbonyl (C=O) groups excluding carboxylic acids is 1. The van der Waals surface area contributed by atoms with E-state index in [1.54, 1.807) is 7.11 Å². The minimum absolute atomic E-state index is 0.0363. The first-order valence-corrected chi connectivity index (χ1v) is 9.58. The van der Waals surface area contributed by atoms with Crippen LogP contribution < -0.4 is 10.1 Å². The highest BCUT2D eigenvalue weighted by Gasteiger charge is 2.23. The van der Waals surface area contributed by atoms with Gasteiger partial charge in [-0.25, -0.2) is 4.98 Å². The van der Waals surface area contributed by atoms with Crippen molar-refractivity contribution in [3.8, 4) is 17.0 Å². The number of aromatic nitrogens is 1. The van der Waals surface area contributed by atoms with Crippen LogP contribution in [-0.2, 0) is 12.8 Å². The lowest BCUT2D eigenvalue weighted by Crippen LogP contribution is -2.12. The summed E-state index contributed by atoms with van der Waals surface area (Å²) in [6.45, 7) is 0. The molecule has 1 aliphatic rings. The molecule has 0 radical (unpaired) electrons. The fraction of sp³-hybridized carbons (Fsp3) is 0.158. The van der Waals surface area contributed by atoms with Crippen molar-refractivity contribution in [2.45, 2.75) is 12.8 Å². The Balaban J connectivity index is 1.63. The molecule has 4 rings (SSSR count). The van der Waals surface area contributed by atoms with Crippen LogP contribution in [0.15, 0.2) is 36.4 Å². The van der Waals surface area contributed by atoms with Crippen LogP contribution in [0, 0.1) is 10.1 Å². The third-order valence-corrected chi connectivity index (χ3v) is 5.87. The summed E-state index contributed by atoms with van der Waals surface area (Å²) >= 11 is 7.44. The van der Waals surface area contributed by atoms with Crippen molar-refractivity contribution < 1.29 is 14.5 Å². The number of hydrogen-bond donors (Lipinski definition) is 1. The number of nitrogens with zero attached hydrogens (tertiary/aromatic N) is 2. The Bertz CT molecular complexity index is 1110. The first-order valence-electron chi connectivity index (χ1n) is 8.38. The van der Waals surface area contributed by atoms with Gasteiger partial charge in [0.25, 0.3) is 11.6 Å². The molecule has 1 N–H and O–H groups in total. The Morgan fingerprint density at radius 2 is 2.11 bits per heavy atom. The average molecular weight is 416 g/mol. The molecule has 1 aliphatic carbocycles. The van der Waals surface area contributed by atoms with Crippen molar-refractivity contribution >= 4 is 39.7 Å². The monoisotopic (exact) mass is 415 g/mol. The smallest absolute Gasteiger partial charge is 0.270 e. The van der Waals surface area contributed by atoms with E-state index in [0.717, 1.165) is 46.4 Å². The SMILES string of the molecule is COc1ccc2c(c1)CCc1sc(NC(=O)c3cc([N+](=O)[O-])ccc3Cl)nc1-2. The third kappa shape index (κ3) is 3.32. The molecule has 0 spiro atoms. The predicted molar refractivity (Wildman–Crippen MR) is 108 cm³/mol. The van der Waals surface area contributed by atoms with Gasteiger partial charge in [0.1, 0.15) is 5.75 Å². The molecule has 7 nitrogen and oxygen atoms in total. The molecule has 0 saturated heterocycles. The number of halogens is 1. The number of thiazole rings is 1. The number of rotatable bonds is 4. The number of ether oxygens (including phenoxy) is 1. The first-order chi connectivity index (χ1) is 13.5. The predicted octanol–water partition coefficient (Wildman–Crippen LogP) is 4.73. The second kappa shape index (κ2) is 7.21. The van der Waals surface area contributed by atoms with Gasteiger partial charge in [0.05, 0.1) is 28.3 Å². The van der Waals surface area contributed by atoms with Gasteiger partial charge in [-0.2, -0.15) is 0 Å². The maximum atomic E-state index is 12.6. The number of hydrogen-bond acceptors (Lipinski definition) is 6. The highest BCUT2D eigenvalue weighted by molar-refractivity contribution is 7.16. The summed E-state index contributed by atoms with van der Waals surface area (Å²) in [4.78, 5) is 28.6. The summed E-state index contributed by atoms with van der Waals surface area (Å²) < 4.78 is 5.28. The molecule has 28 heavy (non-hydrogen) atoms. The number of nitrogens with one attached hydrogen (secondary N) is 1. The van der Waals surface area contributed by atoms with Crippen molar-refractivity contribution in [1.82, 2.24) is 4.98 Å². The molecule has 0 aliphatic heterocycles.